The van der Waals surface area contributed by atoms with Gasteiger partial charge in [0.2, 0.25) is 0 Å². The Hall–Kier alpha value is -1.19. The molecule has 0 atom stereocenters. The lowest BCUT2D eigenvalue weighted by Crippen LogP contribution is -2.15. The molecule has 108 valence electrons. The number of aryl methyl sites for hydroxylation is 3. The van der Waals surface area contributed by atoms with E-state index in [1.54, 1.807) is 11.3 Å². The number of benzene rings is 1. The summed E-state index contributed by atoms with van der Waals surface area (Å²) in [6.07, 6.45) is 3.96. The second kappa shape index (κ2) is 6.51. The van der Waals surface area contributed by atoms with E-state index in [4.69, 9.17) is 4.98 Å². The highest BCUT2D eigenvalue weighted by Gasteiger charge is 2.24. The lowest BCUT2D eigenvalue weighted by Gasteiger charge is -2.16. The summed E-state index contributed by atoms with van der Waals surface area (Å²) < 4.78 is 0. The Kier molecular flexibility index (Phi) is 4.95. The van der Waals surface area contributed by atoms with Crippen LogP contribution in [0.25, 0.3) is 0 Å². The van der Waals surface area contributed by atoms with Crippen LogP contribution < -0.4 is 0 Å². The third-order valence-corrected chi connectivity index (χ3v) is 4.72. The van der Waals surface area contributed by atoms with Crippen LogP contribution in [0, 0.1) is 0 Å². The first-order valence-corrected chi connectivity index (χ1v) is 8.07. The number of nitrogens with zero attached hydrogens (tertiary/aromatic N) is 1. The van der Waals surface area contributed by atoms with Crippen LogP contribution in [0.15, 0.2) is 30.3 Å². The van der Waals surface area contributed by atoms with E-state index in [0.717, 1.165) is 41.3 Å². The highest BCUT2D eigenvalue weighted by Crippen LogP contribution is 2.31. The summed E-state index contributed by atoms with van der Waals surface area (Å²) in [7, 11) is 0. The topological polar surface area (TPSA) is 33.1 Å². The van der Waals surface area contributed by atoms with Crippen molar-refractivity contribution in [2.24, 2.45) is 0 Å². The van der Waals surface area contributed by atoms with Gasteiger partial charge in [-0.1, -0.05) is 43.7 Å². The van der Waals surface area contributed by atoms with Gasteiger partial charge >= 0.3 is 0 Å². The van der Waals surface area contributed by atoms with Crippen molar-refractivity contribution in [2.45, 2.75) is 52.1 Å². The summed E-state index contributed by atoms with van der Waals surface area (Å²) >= 11 is 1.66. The first kappa shape index (κ1) is 15.2. The Balaban J connectivity index is 2.12. The predicted octanol–water partition coefficient (Wildman–Crippen LogP) is 4.11. The van der Waals surface area contributed by atoms with Crippen molar-refractivity contribution in [1.82, 2.24) is 4.98 Å². The van der Waals surface area contributed by atoms with E-state index in [-0.39, 0.29) is 0 Å². The van der Waals surface area contributed by atoms with Gasteiger partial charge in [-0.25, -0.2) is 4.98 Å². The van der Waals surface area contributed by atoms with Crippen molar-refractivity contribution in [3.8, 4) is 0 Å². The Labute approximate surface area is 125 Å². The van der Waals surface area contributed by atoms with E-state index in [1.807, 2.05) is 19.9 Å². The van der Waals surface area contributed by atoms with Gasteiger partial charge < -0.3 is 5.11 Å². The molecule has 1 heterocycles. The average molecular weight is 289 g/mol. The minimum absolute atomic E-state index is 0.785. The Morgan fingerprint density at radius 3 is 2.40 bits per heavy atom. The van der Waals surface area contributed by atoms with Crippen molar-refractivity contribution in [3.63, 3.8) is 0 Å². The maximum atomic E-state index is 10.3. The van der Waals surface area contributed by atoms with Gasteiger partial charge in [-0.2, -0.15) is 0 Å². The molecule has 1 N–H and O–H groups in total. The first-order valence-electron chi connectivity index (χ1n) is 7.26. The number of thiazole rings is 1. The van der Waals surface area contributed by atoms with Crippen molar-refractivity contribution in [1.29, 1.82) is 0 Å². The molecule has 0 aliphatic carbocycles. The molecule has 1 aromatic heterocycles. The third-order valence-electron chi connectivity index (χ3n) is 3.25. The van der Waals surface area contributed by atoms with Crippen LogP contribution in [0.1, 0.15) is 48.3 Å². The van der Waals surface area contributed by atoms with Gasteiger partial charge in [-0.15, -0.1) is 11.3 Å². The molecule has 0 saturated heterocycles. The predicted molar refractivity (Wildman–Crippen MR) is 85.2 cm³/mol. The van der Waals surface area contributed by atoms with E-state index in [2.05, 4.69) is 31.2 Å². The van der Waals surface area contributed by atoms with Gasteiger partial charge in [0.05, 0.1) is 21.2 Å². The van der Waals surface area contributed by atoms with E-state index in [9.17, 15) is 5.11 Å². The Morgan fingerprint density at radius 1 is 1.10 bits per heavy atom. The molecule has 2 aromatic rings. The monoisotopic (exact) mass is 289 g/mol. The lowest BCUT2D eigenvalue weighted by molar-refractivity contribution is 0.0813. The number of hydrogen-bond donors (Lipinski definition) is 1. The van der Waals surface area contributed by atoms with Crippen molar-refractivity contribution < 1.29 is 5.11 Å². The molecule has 20 heavy (non-hydrogen) atoms. The smallest absolute Gasteiger partial charge is 0.0950 e. The minimum Gasteiger partial charge on any atom is -0.385 e. The highest BCUT2D eigenvalue weighted by atomic mass is 32.1. The molecular weight excluding hydrogens is 266 g/mol. The van der Waals surface area contributed by atoms with Crippen LogP contribution in [0.5, 0.6) is 0 Å². The summed E-state index contributed by atoms with van der Waals surface area (Å²) in [4.78, 5) is 5.77. The number of hydrogen-bond acceptors (Lipinski definition) is 3. The molecule has 0 unspecified atom stereocenters. The van der Waals surface area contributed by atoms with E-state index >= 15 is 0 Å². The SMILES string of the molecule is CCCc1nc(CCc2ccccc2)sc1C(C)(C)O. The quantitative estimate of drug-likeness (QED) is 0.868. The zero-order chi connectivity index (χ0) is 14.6. The van der Waals surface area contributed by atoms with Gasteiger partial charge in [-0.05, 0) is 32.3 Å². The van der Waals surface area contributed by atoms with Gasteiger partial charge in [0.15, 0.2) is 0 Å². The fourth-order valence-corrected chi connectivity index (χ4v) is 3.40. The molecule has 0 aliphatic heterocycles. The molecule has 2 rings (SSSR count). The van der Waals surface area contributed by atoms with Gasteiger partial charge in [0, 0.05) is 6.42 Å². The maximum absolute atomic E-state index is 10.3. The Morgan fingerprint density at radius 2 is 1.80 bits per heavy atom. The minimum atomic E-state index is -0.785. The normalized spacial score (nSPS) is 11.8. The van der Waals surface area contributed by atoms with Crippen molar-refractivity contribution in [3.05, 3.63) is 51.5 Å². The summed E-state index contributed by atoms with van der Waals surface area (Å²) in [6.45, 7) is 5.85. The lowest BCUT2D eigenvalue weighted by atomic mass is 10.0. The number of aromatic nitrogens is 1. The van der Waals surface area contributed by atoms with Crippen LogP contribution in [-0.4, -0.2) is 10.1 Å². The first-order chi connectivity index (χ1) is 9.50. The van der Waals surface area contributed by atoms with Gasteiger partial charge in [0.1, 0.15) is 0 Å². The van der Waals surface area contributed by atoms with Gasteiger partial charge in [-0.3, -0.25) is 0 Å². The number of rotatable bonds is 6. The molecule has 3 heteroatoms. The summed E-state index contributed by atoms with van der Waals surface area (Å²) in [6, 6.07) is 10.5. The summed E-state index contributed by atoms with van der Waals surface area (Å²) in [5, 5.41) is 11.4. The maximum Gasteiger partial charge on any atom is 0.0950 e. The second-order valence-corrected chi connectivity index (χ2v) is 6.76. The molecule has 0 amide bonds. The molecule has 0 aliphatic rings. The van der Waals surface area contributed by atoms with Crippen LogP contribution in [0.3, 0.4) is 0 Å². The fraction of sp³-hybridized carbons (Fsp3) is 0.471. The van der Waals surface area contributed by atoms with Crippen molar-refractivity contribution in [2.75, 3.05) is 0 Å². The van der Waals surface area contributed by atoms with E-state index in [1.165, 1.54) is 5.56 Å². The largest absolute Gasteiger partial charge is 0.385 e. The molecular formula is C17H23NOS. The standard InChI is InChI=1S/C17H23NOS/c1-4-8-14-16(17(2,3)19)20-15(18-14)12-11-13-9-6-5-7-10-13/h5-7,9-10,19H,4,8,11-12H2,1-3H3. The van der Waals surface area contributed by atoms with Crippen LogP contribution in [0.4, 0.5) is 0 Å². The fourth-order valence-electron chi connectivity index (χ4n) is 2.29. The third kappa shape index (κ3) is 3.90. The molecule has 0 spiro atoms. The molecule has 0 radical (unpaired) electrons. The van der Waals surface area contributed by atoms with Crippen LogP contribution in [0.2, 0.25) is 0 Å². The molecule has 2 nitrogen and oxygen atoms in total. The molecule has 0 fully saturated rings. The van der Waals surface area contributed by atoms with Crippen LogP contribution in [-0.2, 0) is 24.9 Å². The van der Waals surface area contributed by atoms with E-state index in [0.29, 0.717) is 0 Å². The van der Waals surface area contributed by atoms with Crippen LogP contribution >= 0.6 is 11.3 Å². The molecule has 0 bridgehead atoms. The molecule has 0 saturated carbocycles. The zero-order valence-corrected chi connectivity index (χ0v) is 13.3. The summed E-state index contributed by atoms with van der Waals surface area (Å²) in [5.74, 6) is 0. The highest BCUT2D eigenvalue weighted by molar-refractivity contribution is 7.11. The van der Waals surface area contributed by atoms with Crippen molar-refractivity contribution >= 4 is 11.3 Å². The van der Waals surface area contributed by atoms with Gasteiger partial charge in [0.25, 0.3) is 0 Å². The Bertz CT molecular complexity index is 540. The second-order valence-electron chi connectivity index (χ2n) is 5.68. The average Bonchev–Trinajstić information content (AvgIpc) is 2.81. The number of aliphatic hydroxyl groups is 1. The van der Waals surface area contributed by atoms with E-state index < -0.39 is 5.60 Å². The molecule has 1 aromatic carbocycles. The zero-order valence-electron chi connectivity index (χ0n) is 12.5. The summed E-state index contributed by atoms with van der Waals surface area (Å²) in [5.41, 5.74) is 1.63.